The molecule has 0 atom stereocenters. The molecule has 0 radical (unpaired) electrons. The van der Waals surface area contributed by atoms with Gasteiger partial charge in [-0.2, -0.15) is 13.2 Å². The van der Waals surface area contributed by atoms with E-state index < -0.39 is 11.7 Å². The number of nitrogens with one attached hydrogen (secondary N) is 1. The van der Waals surface area contributed by atoms with Gasteiger partial charge in [-0.1, -0.05) is 35.4 Å². The van der Waals surface area contributed by atoms with E-state index in [-0.39, 0.29) is 25.3 Å². The lowest BCUT2D eigenvalue weighted by atomic mass is 9.98. The van der Waals surface area contributed by atoms with Gasteiger partial charge in [-0.25, -0.2) is 0 Å². The van der Waals surface area contributed by atoms with E-state index in [1.54, 1.807) is 19.4 Å². The third-order valence-corrected chi connectivity index (χ3v) is 5.03. The molecule has 1 aliphatic carbocycles. The zero-order chi connectivity index (χ0) is 20.3. The lowest BCUT2D eigenvalue weighted by Crippen LogP contribution is -2.26. The van der Waals surface area contributed by atoms with Crippen LogP contribution in [0, 0.1) is 0 Å². The monoisotopic (exact) mass is 412 g/mol. The summed E-state index contributed by atoms with van der Waals surface area (Å²) in [6.07, 6.45) is 0.128. The molecule has 0 unspecified atom stereocenters. The number of nitrogens with zero attached hydrogens (tertiary/aromatic N) is 1. The molecule has 2 aromatic rings. The van der Waals surface area contributed by atoms with E-state index in [0.29, 0.717) is 29.1 Å². The predicted octanol–water partition coefficient (Wildman–Crippen LogP) is 4.88. The first kappa shape index (κ1) is 20.5. The zero-order valence-corrected chi connectivity index (χ0v) is 16.0. The number of rotatable bonds is 6. The number of halogens is 4. The van der Waals surface area contributed by atoms with Crippen molar-refractivity contribution in [2.24, 2.45) is 0 Å². The number of carbonyl (C=O) groups is 1. The molecule has 0 saturated heterocycles. The number of carbonyl (C=O) groups excluding carboxylic acids is 1. The maximum absolute atomic E-state index is 12.7. The summed E-state index contributed by atoms with van der Waals surface area (Å²) in [5, 5.41) is 3.90. The van der Waals surface area contributed by atoms with Crippen molar-refractivity contribution in [1.29, 1.82) is 0 Å². The van der Waals surface area contributed by atoms with Crippen LogP contribution in [0.5, 0.6) is 0 Å². The molecule has 150 valence electrons. The first-order valence-corrected chi connectivity index (χ1v) is 9.19. The third-order valence-electron chi connectivity index (χ3n) is 4.71. The Kier molecular flexibility index (Phi) is 6.15. The minimum absolute atomic E-state index is 0.0760. The molecule has 3 rings (SSSR count). The van der Waals surface area contributed by atoms with Crippen LogP contribution in [0.25, 0.3) is 10.9 Å². The number of hydrogen-bond donors (Lipinski definition) is 1. The van der Waals surface area contributed by atoms with Gasteiger partial charge in [0.15, 0.2) is 0 Å². The number of allylic oxidation sites excluding steroid dienone is 3. The van der Waals surface area contributed by atoms with Crippen LogP contribution in [-0.2, 0) is 11.3 Å². The summed E-state index contributed by atoms with van der Waals surface area (Å²) >= 11 is 6.31. The van der Waals surface area contributed by atoms with Crippen LogP contribution in [0.2, 0.25) is 5.02 Å². The largest absolute Gasteiger partial charge is 0.412 e. The molecule has 0 saturated carbocycles. The van der Waals surface area contributed by atoms with Crippen molar-refractivity contribution in [3.05, 3.63) is 58.3 Å². The fourth-order valence-electron chi connectivity index (χ4n) is 3.21. The van der Waals surface area contributed by atoms with Gasteiger partial charge in [0.1, 0.15) is 0 Å². The molecule has 0 aliphatic heterocycles. The van der Waals surface area contributed by atoms with Gasteiger partial charge in [-0.05, 0) is 25.0 Å². The first-order valence-electron chi connectivity index (χ1n) is 8.81. The van der Waals surface area contributed by atoms with Gasteiger partial charge in [0.05, 0.1) is 22.7 Å². The standard InChI is InChI=1S/C20H20ClF3N2O2/c1-28-10-9-26-12-15(18-16(21)3-2-4-17(18)26)19(27)25-11-13-5-7-14(8-6-13)20(22,23)24/h2-5,7,12H,6,8-11H2,1H3,(H,25,27). The van der Waals surface area contributed by atoms with Gasteiger partial charge >= 0.3 is 6.18 Å². The zero-order valence-electron chi connectivity index (χ0n) is 15.3. The van der Waals surface area contributed by atoms with Crippen LogP contribution in [0.3, 0.4) is 0 Å². The Balaban J connectivity index is 1.77. The fourth-order valence-corrected chi connectivity index (χ4v) is 3.48. The maximum Gasteiger partial charge on any atom is 0.412 e. The lowest BCUT2D eigenvalue weighted by molar-refractivity contribution is -0.0941. The van der Waals surface area contributed by atoms with Gasteiger partial charge in [0, 0.05) is 37.4 Å². The van der Waals surface area contributed by atoms with Gasteiger partial charge in [-0.15, -0.1) is 0 Å². The summed E-state index contributed by atoms with van der Waals surface area (Å²) in [4.78, 5) is 12.7. The number of hydrogen-bond acceptors (Lipinski definition) is 2. The van der Waals surface area contributed by atoms with Crippen molar-refractivity contribution in [2.45, 2.75) is 25.6 Å². The van der Waals surface area contributed by atoms with Crippen LogP contribution >= 0.6 is 11.6 Å². The fraction of sp³-hybridized carbons (Fsp3) is 0.350. The molecule has 1 aliphatic rings. The Bertz CT molecular complexity index is 945. The van der Waals surface area contributed by atoms with Crippen molar-refractivity contribution in [3.8, 4) is 0 Å². The molecule has 0 spiro atoms. The molecule has 1 aromatic heterocycles. The molecule has 0 fully saturated rings. The SMILES string of the molecule is COCCn1cc(C(=O)NCC2=CC=C(C(F)(F)F)CC2)c2c(Cl)cccc21. The molecular weight excluding hydrogens is 393 g/mol. The van der Waals surface area contributed by atoms with Crippen LogP contribution in [0.4, 0.5) is 13.2 Å². The summed E-state index contributed by atoms with van der Waals surface area (Å²) in [6.45, 7) is 1.24. The Morgan fingerprint density at radius 3 is 2.71 bits per heavy atom. The van der Waals surface area contributed by atoms with Crippen molar-refractivity contribution >= 4 is 28.4 Å². The van der Waals surface area contributed by atoms with Crippen LogP contribution < -0.4 is 5.32 Å². The van der Waals surface area contributed by atoms with Gasteiger partial charge < -0.3 is 14.6 Å². The Morgan fingerprint density at radius 1 is 1.29 bits per heavy atom. The summed E-state index contributed by atoms with van der Waals surface area (Å²) in [6, 6.07) is 5.41. The molecular formula is C20H20ClF3N2O2. The number of methoxy groups -OCH3 is 1. The van der Waals surface area contributed by atoms with E-state index >= 15 is 0 Å². The van der Waals surface area contributed by atoms with E-state index in [2.05, 4.69) is 5.32 Å². The Hall–Kier alpha value is -2.25. The molecule has 0 bridgehead atoms. The third kappa shape index (κ3) is 4.42. The molecule has 1 N–H and O–H groups in total. The number of alkyl halides is 3. The first-order chi connectivity index (χ1) is 13.3. The normalized spacial score (nSPS) is 14.8. The summed E-state index contributed by atoms with van der Waals surface area (Å²) in [5.74, 6) is -0.319. The smallest absolute Gasteiger partial charge is 0.383 e. The highest BCUT2D eigenvalue weighted by Gasteiger charge is 2.33. The highest BCUT2D eigenvalue weighted by atomic mass is 35.5. The molecule has 8 heteroatoms. The number of ether oxygens (including phenoxy) is 1. The molecule has 1 aromatic carbocycles. The summed E-state index contributed by atoms with van der Waals surface area (Å²) in [5.41, 5.74) is 1.45. The van der Waals surface area contributed by atoms with E-state index in [1.165, 1.54) is 6.08 Å². The molecule has 1 amide bonds. The van der Waals surface area contributed by atoms with E-state index in [4.69, 9.17) is 16.3 Å². The maximum atomic E-state index is 12.7. The highest BCUT2D eigenvalue weighted by Crippen LogP contribution is 2.33. The topological polar surface area (TPSA) is 43.3 Å². The second-order valence-electron chi connectivity index (χ2n) is 6.56. The van der Waals surface area contributed by atoms with Gasteiger partial charge in [0.25, 0.3) is 5.91 Å². The predicted molar refractivity (Wildman–Crippen MR) is 103 cm³/mol. The van der Waals surface area contributed by atoms with Crippen molar-refractivity contribution in [1.82, 2.24) is 9.88 Å². The summed E-state index contributed by atoms with van der Waals surface area (Å²) in [7, 11) is 1.60. The second-order valence-corrected chi connectivity index (χ2v) is 6.97. The minimum Gasteiger partial charge on any atom is -0.383 e. The van der Waals surface area contributed by atoms with Crippen LogP contribution in [-0.4, -0.2) is 36.9 Å². The van der Waals surface area contributed by atoms with E-state index in [1.807, 2.05) is 16.7 Å². The highest BCUT2D eigenvalue weighted by molar-refractivity contribution is 6.36. The van der Waals surface area contributed by atoms with Crippen molar-refractivity contribution in [3.63, 3.8) is 0 Å². The quantitative estimate of drug-likeness (QED) is 0.734. The molecule has 28 heavy (non-hydrogen) atoms. The number of benzene rings is 1. The number of aromatic nitrogens is 1. The lowest BCUT2D eigenvalue weighted by Gasteiger charge is -2.17. The second kappa shape index (κ2) is 8.41. The minimum atomic E-state index is -4.30. The summed E-state index contributed by atoms with van der Waals surface area (Å²) < 4.78 is 45.1. The van der Waals surface area contributed by atoms with Gasteiger partial charge in [0.2, 0.25) is 0 Å². The van der Waals surface area contributed by atoms with Crippen molar-refractivity contribution in [2.75, 3.05) is 20.3 Å². The molecule has 1 heterocycles. The van der Waals surface area contributed by atoms with Gasteiger partial charge in [-0.3, -0.25) is 4.79 Å². The van der Waals surface area contributed by atoms with Crippen LogP contribution in [0.15, 0.2) is 47.7 Å². The molecule has 4 nitrogen and oxygen atoms in total. The average molecular weight is 413 g/mol. The Morgan fingerprint density at radius 2 is 2.07 bits per heavy atom. The van der Waals surface area contributed by atoms with Crippen molar-refractivity contribution < 1.29 is 22.7 Å². The Labute approximate surface area is 165 Å². The average Bonchev–Trinajstić information content (AvgIpc) is 3.04. The van der Waals surface area contributed by atoms with Crippen LogP contribution in [0.1, 0.15) is 23.2 Å². The van der Waals surface area contributed by atoms with E-state index in [9.17, 15) is 18.0 Å². The van der Waals surface area contributed by atoms with E-state index in [0.717, 1.165) is 17.2 Å². The number of fused-ring (bicyclic) bond motifs is 1. The number of amides is 1.